The minimum Gasteiger partial charge on any atom is -0.480 e. The molecule has 0 unspecified atom stereocenters. The first-order chi connectivity index (χ1) is 9.52. The molecule has 0 aromatic heterocycles. The van der Waals surface area contributed by atoms with E-state index in [2.05, 4.69) is 0 Å². The lowest BCUT2D eigenvalue weighted by Gasteiger charge is -2.34. The van der Waals surface area contributed by atoms with E-state index in [0.717, 1.165) is 0 Å². The molecule has 0 saturated carbocycles. The van der Waals surface area contributed by atoms with Crippen molar-refractivity contribution >= 4 is 11.9 Å². The van der Waals surface area contributed by atoms with Crippen molar-refractivity contribution < 1.29 is 23.8 Å². The van der Waals surface area contributed by atoms with E-state index in [1.807, 2.05) is 0 Å². The summed E-state index contributed by atoms with van der Waals surface area (Å²) in [4.78, 5) is 24.8. The summed E-state index contributed by atoms with van der Waals surface area (Å²) in [6.45, 7) is 2.04. The number of halogens is 1. The van der Waals surface area contributed by atoms with Gasteiger partial charge in [-0.1, -0.05) is 18.2 Å². The van der Waals surface area contributed by atoms with Crippen LogP contribution >= 0.6 is 0 Å². The summed E-state index contributed by atoms with van der Waals surface area (Å²) in [5.74, 6) is -2.70. The second-order valence-electron chi connectivity index (χ2n) is 4.70. The van der Waals surface area contributed by atoms with E-state index >= 15 is 0 Å². The zero-order chi connectivity index (χ0) is 14.7. The van der Waals surface area contributed by atoms with Crippen LogP contribution in [0.2, 0.25) is 0 Å². The molecule has 6 heteroatoms. The number of amides is 1. The van der Waals surface area contributed by atoms with Gasteiger partial charge in [-0.2, -0.15) is 0 Å². The van der Waals surface area contributed by atoms with Crippen molar-refractivity contribution in [1.82, 2.24) is 4.90 Å². The molecule has 1 saturated heterocycles. The fraction of sp³-hybridized carbons (Fsp3) is 0.429. The van der Waals surface area contributed by atoms with E-state index in [4.69, 9.17) is 9.84 Å². The highest BCUT2D eigenvalue weighted by molar-refractivity contribution is 5.88. The number of carbonyl (C=O) groups excluding carboxylic acids is 1. The molecular formula is C14H16FNO4. The maximum Gasteiger partial charge on any atom is 0.328 e. The van der Waals surface area contributed by atoms with Crippen LogP contribution in [-0.2, 0) is 14.3 Å². The van der Waals surface area contributed by atoms with Crippen LogP contribution in [0.15, 0.2) is 24.3 Å². The molecular weight excluding hydrogens is 265 g/mol. The van der Waals surface area contributed by atoms with Gasteiger partial charge in [0.1, 0.15) is 5.82 Å². The van der Waals surface area contributed by atoms with Gasteiger partial charge in [0.15, 0.2) is 6.04 Å². The quantitative estimate of drug-likeness (QED) is 0.905. The van der Waals surface area contributed by atoms with E-state index in [0.29, 0.717) is 6.61 Å². The number of morpholine rings is 1. The van der Waals surface area contributed by atoms with Crippen LogP contribution in [0.25, 0.3) is 0 Å². The molecule has 1 aromatic carbocycles. The highest BCUT2D eigenvalue weighted by atomic mass is 19.1. The third-order valence-electron chi connectivity index (χ3n) is 3.44. The lowest BCUT2D eigenvalue weighted by molar-refractivity contribution is -0.158. The van der Waals surface area contributed by atoms with Gasteiger partial charge >= 0.3 is 5.97 Å². The summed E-state index contributed by atoms with van der Waals surface area (Å²) < 4.78 is 18.8. The third kappa shape index (κ3) is 2.80. The average molecular weight is 281 g/mol. The van der Waals surface area contributed by atoms with E-state index < -0.39 is 29.7 Å². The van der Waals surface area contributed by atoms with Crippen LogP contribution in [0.4, 0.5) is 4.39 Å². The Bertz CT molecular complexity index is 520. The Balaban J connectivity index is 2.21. The van der Waals surface area contributed by atoms with Gasteiger partial charge in [0, 0.05) is 6.54 Å². The molecule has 0 spiro atoms. The number of nitrogens with zero attached hydrogens (tertiary/aromatic N) is 1. The van der Waals surface area contributed by atoms with E-state index in [1.54, 1.807) is 19.1 Å². The smallest absolute Gasteiger partial charge is 0.328 e. The molecule has 1 aliphatic rings. The number of carbonyl (C=O) groups is 2. The van der Waals surface area contributed by atoms with Crippen LogP contribution in [0, 0.1) is 5.82 Å². The first-order valence-corrected chi connectivity index (χ1v) is 6.38. The molecule has 0 radical (unpaired) electrons. The zero-order valence-corrected chi connectivity index (χ0v) is 11.1. The third-order valence-corrected chi connectivity index (χ3v) is 3.44. The standard InChI is InChI=1S/C14H16FNO4/c1-9(10-4-2-3-5-11(10)15)13(17)16-6-7-20-8-12(16)14(18)19/h2-5,9,12H,6-8H2,1H3,(H,18,19)/t9-,12+/m0/s1. The number of hydrogen-bond donors (Lipinski definition) is 1. The first-order valence-electron chi connectivity index (χ1n) is 6.38. The fourth-order valence-electron chi connectivity index (χ4n) is 2.28. The van der Waals surface area contributed by atoms with Gasteiger partial charge in [0.05, 0.1) is 19.1 Å². The second-order valence-corrected chi connectivity index (χ2v) is 4.70. The summed E-state index contributed by atoms with van der Waals surface area (Å²) in [7, 11) is 0. The number of rotatable bonds is 3. The van der Waals surface area contributed by atoms with Crippen LogP contribution in [-0.4, -0.2) is 47.7 Å². The maximum absolute atomic E-state index is 13.7. The predicted octanol–water partition coefficient (Wildman–Crippen LogP) is 1.24. The number of carboxylic acid groups (broad SMARTS) is 1. The number of ether oxygens (including phenoxy) is 1. The van der Waals surface area contributed by atoms with E-state index in [9.17, 15) is 14.0 Å². The summed E-state index contributed by atoms with van der Waals surface area (Å²) in [5, 5.41) is 9.12. The second kappa shape index (κ2) is 6.00. The van der Waals surface area contributed by atoms with Crippen molar-refractivity contribution in [3.63, 3.8) is 0 Å². The van der Waals surface area contributed by atoms with Crippen molar-refractivity contribution in [3.05, 3.63) is 35.6 Å². The van der Waals surface area contributed by atoms with Gasteiger partial charge in [-0.15, -0.1) is 0 Å². The molecule has 20 heavy (non-hydrogen) atoms. The summed E-state index contributed by atoms with van der Waals surface area (Å²) in [5.41, 5.74) is 0.271. The van der Waals surface area contributed by atoms with Crippen LogP contribution < -0.4 is 0 Å². The zero-order valence-electron chi connectivity index (χ0n) is 11.1. The highest BCUT2D eigenvalue weighted by Gasteiger charge is 2.35. The summed E-state index contributed by atoms with van der Waals surface area (Å²) >= 11 is 0. The SMILES string of the molecule is C[C@H](C(=O)N1CCOC[C@@H]1C(=O)O)c1ccccc1F. The first kappa shape index (κ1) is 14.5. The van der Waals surface area contributed by atoms with Crippen LogP contribution in [0.5, 0.6) is 0 Å². The Morgan fingerprint density at radius 3 is 2.80 bits per heavy atom. The summed E-state index contributed by atoms with van der Waals surface area (Å²) in [6.07, 6.45) is 0. The Kier molecular flexibility index (Phi) is 4.34. The van der Waals surface area contributed by atoms with Gasteiger partial charge in [-0.05, 0) is 18.6 Å². The molecule has 108 valence electrons. The molecule has 1 aromatic rings. The Hall–Kier alpha value is -1.95. The lowest BCUT2D eigenvalue weighted by atomic mass is 9.98. The molecule has 1 aliphatic heterocycles. The molecule has 1 fully saturated rings. The average Bonchev–Trinajstić information content (AvgIpc) is 2.46. The number of benzene rings is 1. The molecule has 1 heterocycles. The van der Waals surface area contributed by atoms with Crippen LogP contribution in [0.3, 0.4) is 0 Å². The molecule has 1 N–H and O–H groups in total. The number of hydrogen-bond acceptors (Lipinski definition) is 3. The fourth-order valence-corrected chi connectivity index (χ4v) is 2.28. The topological polar surface area (TPSA) is 66.8 Å². The summed E-state index contributed by atoms with van der Waals surface area (Å²) in [6, 6.07) is 5.01. The molecule has 0 bridgehead atoms. The highest BCUT2D eigenvalue weighted by Crippen LogP contribution is 2.23. The molecule has 5 nitrogen and oxygen atoms in total. The van der Waals surface area contributed by atoms with Gasteiger partial charge in [0.25, 0.3) is 0 Å². The van der Waals surface area contributed by atoms with Crippen molar-refractivity contribution in [1.29, 1.82) is 0 Å². The van der Waals surface area contributed by atoms with E-state index in [-0.39, 0.29) is 18.7 Å². The Labute approximate surface area is 116 Å². The monoisotopic (exact) mass is 281 g/mol. The van der Waals surface area contributed by atoms with Crippen molar-refractivity contribution in [2.45, 2.75) is 18.9 Å². The van der Waals surface area contributed by atoms with Crippen molar-refractivity contribution in [2.24, 2.45) is 0 Å². The maximum atomic E-state index is 13.7. The minimum absolute atomic E-state index is 0.0366. The van der Waals surface area contributed by atoms with Crippen LogP contribution in [0.1, 0.15) is 18.4 Å². The number of aliphatic carboxylic acids is 1. The van der Waals surface area contributed by atoms with Crippen molar-refractivity contribution in [2.75, 3.05) is 19.8 Å². The predicted molar refractivity (Wildman–Crippen MR) is 68.8 cm³/mol. The molecule has 2 rings (SSSR count). The van der Waals surface area contributed by atoms with E-state index in [1.165, 1.54) is 17.0 Å². The minimum atomic E-state index is -1.11. The van der Waals surface area contributed by atoms with Gasteiger partial charge in [-0.3, -0.25) is 4.79 Å². The van der Waals surface area contributed by atoms with Crippen molar-refractivity contribution in [3.8, 4) is 0 Å². The molecule has 1 amide bonds. The number of carboxylic acids is 1. The normalized spacial score (nSPS) is 20.5. The largest absolute Gasteiger partial charge is 0.480 e. The molecule has 0 aliphatic carbocycles. The lowest BCUT2D eigenvalue weighted by Crippen LogP contribution is -2.53. The van der Waals surface area contributed by atoms with Gasteiger partial charge in [-0.25, -0.2) is 9.18 Å². The Morgan fingerprint density at radius 2 is 2.15 bits per heavy atom. The van der Waals surface area contributed by atoms with Gasteiger partial charge in [0.2, 0.25) is 5.91 Å². The molecule has 2 atom stereocenters. The van der Waals surface area contributed by atoms with Gasteiger partial charge < -0.3 is 14.7 Å². The Morgan fingerprint density at radius 1 is 1.45 bits per heavy atom.